The lowest BCUT2D eigenvalue weighted by Gasteiger charge is -2.10. The van der Waals surface area contributed by atoms with Gasteiger partial charge in [0, 0.05) is 5.39 Å². The zero-order chi connectivity index (χ0) is 13.1. The number of rotatable bonds is 4. The lowest BCUT2D eigenvalue weighted by atomic mass is 10.1. The fourth-order valence-corrected chi connectivity index (χ4v) is 1.75. The molecule has 0 aliphatic rings. The van der Waals surface area contributed by atoms with Crippen molar-refractivity contribution in [3.63, 3.8) is 0 Å². The molecule has 0 unspecified atom stereocenters. The van der Waals surface area contributed by atoms with E-state index in [0.717, 1.165) is 6.42 Å². The van der Waals surface area contributed by atoms with Crippen LogP contribution in [0, 0.1) is 5.82 Å². The van der Waals surface area contributed by atoms with Crippen LogP contribution in [-0.2, 0) is 0 Å². The highest BCUT2D eigenvalue weighted by atomic mass is 19.1. The molecule has 0 heterocycles. The first-order valence-electron chi connectivity index (χ1n) is 5.71. The summed E-state index contributed by atoms with van der Waals surface area (Å²) in [5.41, 5.74) is 0.139. The monoisotopic (exact) mass is 248 g/mol. The number of hydrogen-bond donors (Lipinski definition) is 1. The normalized spacial score (nSPS) is 10.6. The molecule has 0 bridgehead atoms. The van der Waals surface area contributed by atoms with Crippen LogP contribution in [0.2, 0.25) is 0 Å². The number of aromatic carboxylic acids is 1. The second-order valence-electron chi connectivity index (χ2n) is 3.99. The molecule has 0 radical (unpaired) electrons. The van der Waals surface area contributed by atoms with E-state index in [2.05, 4.69) is 0 Å². The number of carboxylic acid groups (broad SMARTS) is 1. The summed E-state index contributed by atoms with van der Waals surface area (Å²) < 4.78 is 18.7. The van der Waals surface area contributed by atoms with E-state index in [0.29, 0.717) is 23.1 Å². The van der Waals surface area contributed by atoms with E-state index in [1.807, 2.05) is 6.92 Å². The van der Waals surface area contributed by atoms with Gasteiger partial charge in [-0.3, -0.25) is 0 Å². The summed E-state index contributed by atoms with van der Waals surface area (Å²) in [7, 11) is 0. The van der Waals surface area contributed by atoms with Gasteiger partial charge in [-0.1, -0.05) is 13.0 Å². The molecule has 2 rings (SSSR count). The summed E-state index contributed by atoms with van der Waals surface area (Å²) in [6.07, 6.45) is 0.800. The highest BCUT2D eigenvalue weighted by Gasteiger charge is 2.10. The summed E-state index contributed by atoms with van der Waals surface area (Å²) in [5, 5.41) is 10.3. The minimum Gasteiger partial charge on any atom is -0.493 e. The Morgan fingerprint density at radius 3 is 2.78 bits per heavy atom. The summed E-state index contributed by atoms with van der Waals surface area (Å²) in [6.45, 7) is 2.42. The van der Waals surface area contributed by atoms with Crippen molar-refractivity contribution in [2.45, 2.75) is 13.3 Å². The van der Waals surface area contributed by atoms with Crippen LogP contribution in [0.3, 0.4) is 0 Å². The van der Waals surface area contributed by atoms with Gasteiger partial charge < -0.3 is 9.84 Å². The number of carboxylic acids is 1. The molecule has 94 valence electrons. The van der Waals surface area contributed by atoms with Gasteiger partial charge in [-0.15, -0.1) is 0 Å². The van der Waals surface area contributed by atoms with Gasteiger partial charge in [0.05, 0.1) is 12.2 Å². The number of fused-ring (bicyclic) bond motifs is 1. The minimum absolute atomic E-state index is 0.139. The van der Waals surface area contributed by atoms with E-state index in [-0.39, 0.29) is 11.4 Å². The minimum atomic E-state index is -1.03. The Hall–Kier alpha value is -2.10. The Morgan fingerprint density at radius 1 is 1.33 bits per heavy atom. The van der Waals surface area contributed by atoms with Crippen molar-refractivity contribution in [2.75, 3.05) is 6.61 Å². The van der Waals surface area contributed by atoms with Gasteiger partial charge in [-0.25, -0.2) is 9.18 Å². The third kappa shape index (κ3) is 2.42. The highest BCUT2D eigenvalue weighted by Crippen LogP contribution is 2.28. The zero-order valence-corrected chi connectivity index (χ0v) is 9.94. The first-order chi connectivity index (χ1) is 8.61. The lowest BCUT2D eigenvalue weighted by Crippen LogP contribution is -2.01. The van der Waals surface area contributed by atoms with Crippen LogP contribution >= 0.6 is 0 Å². The van der Waals surface area contributed by atoms with Crippen molar-refractivity contribution < 1.29 is 19.0 Å². The van der Waals surface area contributed by atoms with Crippen LogP contribution in [0.1, 0.15) is 23.7 Å². The quantitative estimate of drug-likeness (QED) is 0.901. The molecule has 18 heavy (non-hydrogen) atoms. The summed E-state index contributed by atoms with van der Waals surface area (Å²) in [6, 6.07) is 7.15. The molecule has 0 saturated heterocycles. The number of ether oxygens (including phenoxy) is 1. The third-order valence-electron chi connectivity index (χ3n) is 2.59. The Balaban J connectivity index is 2.61. The Bertz CT molecular complexity index is 593. The largest absolute Gasteiger partial charge is 0.493 e. The predicted molar refractivity (Wildman–Crippen MR) is 66.7 cm³/mol. The Kier molecular flexibility index (Phi) is 3.46. The first-order valence-corrected chi connectivity index (χ1v) is 5.71. The van der Waals surface area contributed by atoms with Crippen LogP contribution in [-0.4, -0.2) is 17.7 Å². The lowest BCUT2D eigenvalue weighted by molar-refractivity contribution is 0.0696. The second-order valence-corrected chi connectivity index (χ2v) is 3.99. The number of benzene rings is 2. The Labute approximate surface area is 104 Å². The molecule has 0 fully saturated rings. The molecule has 0 aliphatic heterocycles. The van der Waals surface area contributed by atoms with E-state index in [1.54, 1.807) is 6.07 Å². The fourth-order valence-electron chi connectivity index (χ4n) is 1.75. The van der Waals surface area contributed by atoms with Crippen molar-refractivity contribution in [1.29, 1.82) is 0 Å². The van der Waals surface area contributed by atoms with Gasteiger partial charge in [0.25, 0.3) is 0 Å². The van der Waals surface area contributed by atoms with Gasteiger partial charge in [0.1, 0.15) is 11.6 Å². The van der Waals surface area contributed by atoms with E-state index in [4.69, 9.17) is 9.84 Å². The van der Waals surface area contributed by atoms with Crippen molar-refractivity contribution in [3.8, 4) is 5.75 Å². The molecule has 0 aromatic heterocycles. The van der Waals surface area contributed by atoms with Gasteiger partial charge >= 0.3 is 5.97 Å². The maximum atomic E-state index is 13.2. The second kappa shape index (κ2) is 5.04. The SMILES string of the molecule is CCCOc1cc(C(=O)O)cc2ccc(F)cc12. The molecule has 0 saturated carbocycles. The van der Waals surface area contributed by atoms with E-state index >= 15 is 0 Å². The third-order valence-corrected chi connectivity index (χ3v) is 2.59. The molecule has 0 amide bonds. The smallest absolute Gasteiger partial charge is 0.335 e. The summed E-state index contributed by atoms with van der Waals surface area (Å²) in [4.78, 5) is 11.0. The number of carbonyl (C=O) groups is 1. The standard InChI is InChI=1S/C14H13FO3/c1-2-5-18-13-7-10(14(16)17)6-9-3-4-11(15)8-12(9)13/h3-4,6-8H,2,5H2,1H3,(H,16,17). The van der Waals surface area contributed by atoms with Crippen LogP contribution in [0.15, 0.2) is 30.3 Å². The first kappa shape index (κ1) is 12.4. The van der Waals surface area contributed by atoms with Gasteiger partial charge in [-0.05, 0) is 36.1 Å². The molecule has 2 aromatic carbocycles. The average Bonchev–Trinajstić information content (AvgIpc) is 2.35. The summed E-state index contributed by atoms with van der Waals surface area (Å²) in [5.74, 6) is -0.985. The summed E-state index contributed by atoms with van der Waals surface area (Å²) >= 11 is 0. The van der Waals surface area contributed by atoms with Gasteiger partial charge in [0.15, 0.2) is 0 Å². The maximum Gasteiger partial charge on any atom is 0.335 e. The molecule has 1 N–H and O–H groups in total. The topological polar surface area (TPSA) is 46.5 Å². The van der Waals surface area contributed by atoms with E-state index in [9.17, 15) is 9.18 Å². The van der Waals surface area contributed by atoms with Crippen LogP contribution < -0.4 is 4.74 Å². The molecule has 0 spiro atoms. The fraction of sp³-hybridized carbons (Fsp3) is 0.214. The molecular weight excluding hydrogens is 235 g/mol. The van der Waals surface area contributed by atoms with Crippen molar-refractivity contribution in [3.05, 3.63) is 41.7 Å². The van der Waals surface area contributed by atoms with Crippen molar-refractivity contribution in [2.24, 2.45) is 0 Å². The van der Waals surface area contributed by atoms with Crippen LogP contribution in [0.25, 0.3) is 10.8 Å². The van der Waals surface area contributed by atoms with Crippen molar-refractivity contribution in [1.82, 2.24) is 0 Å². The van der Waals surface area contributed by atoms with Crippen LogP contribution in [0.4, 0.5) is 4.39 Å². The van der Waals surface area contributed by atoms with Crippen LogP contribution in [0.5, 0.6) is 5.75 Å². The van der Waals surface area contributed by atoms with E-state index < -0.39 is 5.97 Å². The predicted octanol–water partition coefficient (Wildman–Crippen LogP) is 3.47. The zero-order valence-electron chi connectivity index (χ0n) is 9.94. The average molecular weight is 248 g/mol. The maximum absolute atomic E-state index is 13.2. The molecule has 3 nitrogen and oxygen atoms in total. The molecule has 0 aliphatic carbocycles. The van der Waals surface area contributed by atoms with Gasteiger partial charge in [-0.2, -0.15) is 0 Å². The molecule has 0 atom stereocenters. The number of hydrogen-bond acceptors (Lipinski definition) is 2. The van der Waals surface area contributed by atoms with E-state index in [1.165, 1.54) is 24.3 Å². The molecular formula is C14H13FO3. The molecule has 2 aromatic rings. The van der Waals surface area contributed by atoms with Gasteiger partial charge in [0.2, 0.25) is 0 Å². The highest BCUT2D eigenvalue weighted by molar-refractivity contribution is 5.97. The number of halogens is 1. The van der Waals surface area contributed by atoms with Crippen molar-refractivity contribution >= 4 is 16.7 Å². The molecule has 4 heteroatoms. The Morgan fingerprint density at radius 2 is 2.11 bits per heavy atom.